The summed E-state index contributed by atoms with van der Waals surface area (Å²) < 4.78 is 0. The van der Waals surface area contributed by atoms with Crippen molar-refractivity contribution in [2.45, 2.75) is 25.2 Å². The highest BCUT2D eigenvalue weighted by Gasteiger charge is 2.31. The standard InChI is InChI=1S/C18H18O5/c1-11(12-6-2-4-8-15(12)19)18(23)14(10-17(21)22)13-7-3-5-9-16(13)20/h2-9,11,14,19-20H,10H2,1H3,(H,21,22). The number of ketones is 1. The molecule has 2 aromatic rings. The summed E-state index contributed by atoms with van der Waals surface area (Å²) in [6.07, 6.45) is -0.422. The van der Waals surface area contributed by atoms with E-state index in [1.165, 1.54) is 12.1 Å². The Morgan fingerprint density at radius 1 is 0.913 bits per heavy atom. The van der Waals surface area contributed by atoms with E-state index in [4.69, 9.17) is 5.11 Å². The Balaban J connectivity index is 2.40. The molecule has 2 rings (SSSR count). The summed E-state index contributed by atoms with van der Waals surface area (Å²) in [7, 11) is 0. The molecule has 0 bridgehead atoms. The summed E-state index contributed by atoms with van der Waals surface area (Å²) in [4.78, 5) is 23.9. The molecule has 5 nitrogen and oxygen atoms in total. The summed E-state index contributed by atoms with van der Waals surface area (Å²) in [5, 5.41) is 29.0. The number of aliphatic carboxylic acids is 1. The molecular formula is C18H18O5. The maximum atomic E-state index is 12.8. The van der Waals surface area contributed by atoms with Gasteiger partial charge in [-0.3, -0.25) is 9.59 Å². The van der Waals surface area contributed by atoms with Crippen molar-refractivity contribution >= 4 is 11.8 Å². The van der Waals surface area contributed by atoms with E-state index in [0.717, 1.165) is 0 Å². The number of carbonyl (C=O) groups is 2. The zero-order valence-electron chi connectivity index (χ0n) is 12.6. The molecule has 0 aliphatic carbocycles. The van der Waals surface area contributed by atoms with E-state index in [-0.39, 0.29) is 22.8 Å². The third-order valence-corrected chi connectivity index (χ3v) is 3.86. The van der Waals surface area contributed by atoms with Gasteiger partial charge in [-0.2, -0.15) is 0 Å². The molecule has 0 aromatic heterocycles. The van der Waals surface area contributed by atoms with E-state index in [1.807, 2.05) is 0 Å². The molecule has 0 saturated heterocycles. The summed E-state index contributed by atoms with van der Waals surface area (Å²) in [5.74, 6) is -3.30. The van der Waals surface area contributed by atoms with Crippen LogP contribution in [-0.2, 0) is 9.59 Å². The zero-order valence-corrected chi connectivity index (χ0v) is 12.6. The first-order valence-corrected chi connectivity index (χ1v) is 7.23. The van der Waals surface area contributed by atoms with E-state index in [9.17, 15) is 19.8 Å². The quantitative estimate of drug-likeness (QED) is 0.762. The second kappa shape index (κ2) is 6.96. The van der Waals surface area contributed by atoms with Gasteiger partial charge in [0, 0.05) is 17.0 Å². The smallest absolute Gasteiger partial charge is 0.304 e. The highest BCUT2D eigenvalue weighted by molar-refractivity contribution is 5.95. The first kappa shape index (κ1) is 16.5. The van der Waals surface area contributed by atoms with Crippen molar-refractivity contribution in [2.75, 3.05) is 0 Å². The third kappa shape index (κ3) is 3.69. The maximum absolute atomic E-state index is 12.8. The van der Waals surface area contributed by atoms with Crippen LogP contribution in [0.5, 0.6) is 11.5 Å². The van der Waals surface area contributed by atoms with Crippen LogP contribution >= 0.6 is 0 Å². The Kier molecular flexibility index (Phi) is 5.01. The lowest BCUT2D eigenvalue weighted by molar-refractivity contribution is -0.139. The van der Waals surface area contributed by atoms with Crippen molar-refractivity contribution in [1.82, 2.24) is 0 Å². The largest absolute Gasteiger partial charge is 0.508 e. The fourth-order valence-electron chi connectivity index (χ4n) is 2.63. The van der Waals surface area contributed by atoms with Crippen molar-refractivity contribution in [1.29, 1.82) is 0 Å². The van der Waals surface area contributed by atoms with Crippen LogP contribution in [0.2, 0.25) is 0 Å². The molecule has 0 fully saturated rings. The number of carboxylic acids is 1. The lowest BCUT2D eigenvalue weighted by atomic mass is 9.82. The van der Waals surface area contributed by atoms with Crippen LogP contribution in [0.1, 0.15) is 36.3 Å². The summed E-state index contributed by atoms with van der Waals surface area (Å²) >= 11 is 0. The van der Waals surface area contributed by atoms with Crippen LogP contribution in [0.3, 0.4) is 0 Å². The van der Waals surface area contributed by atoms with Gasteiger partial charge < -0.3 is 15.3 Å². The van der Waals surface area contributed by atoms with E-state index < -0.39 is 24.2 Å². The summed E-state index contributed by atoms with van der Waals surface area (Å²) in [5.41, 5.74) is 0.713. The number of phenolic OH excluding ortho intramolecular Hbond substituents is 2. The van der Waals surface area contributed by atoms with Gasteiger partial charge in [-0.1, -0.05) is 43.3 Å². The number of benzene rings is 2. The molecule has 0 aliphatic rings. The number of hydrogen-bond acceptors (Lipinski definition) is 4. The van der Waals surface area contributed by atoms with Crippen molar-refractivity contribution in [3.63, 3.8) is 0 Å². The van der Waals surface area contributed by atoms with Crippen molar-refractivity contribution in [3.8, 4) is 11.5 Å². The predicted octanol–water partition coefficient (Wildman–Crippen LogP) is 3.03. The molecule has 3 N–H and O–H groups in total. The number of para-hydroxylation sites is 2. The molecule has 2 unspecified atom stereocenters. The van der Waals surface area contributed by atoms with Crippen LogP contribution in [0.15, 0.2) is 48.5 Å². The topological polar surface area (TPSA) is 94.8 Å². The molecule has 0 amide bonds. The van der Waals surface area contributed by atoms with Crippen molar-refractivity contribution in [2.24, 2.45) is 0 Å². The number of aromatic hydroxyl groups is 2. The van der Waals surface area contributed by atoms with E-state index in [1.54, 1.807) is 43.3 Å². The normalized spacial score (nSPS) is 13.3. The Bertz CT molecular complexity index is 723. The van der Waals surface area contributed by atoms with Gasteiger partial charge >= 0.3 is 5.97 Å². The van der Waals surface area contributed by atoms with Crippen LogP contribution in [-0.4, -0.2) is 27.1 Å². The molecule has 0 saturated carbocycles. The third-order valence-electron chi connectivity index (χ3n) is 3.86. The lowest BCUT2D eigenvalue weighted by Crippen LogP contribution is -2.21. The van der Waals surface area contributed by atoms with Gasteiger partial charge in [0.05, 0.1) is 12.3 Å². The Hall–Kier alpha value is -2.82. The maximum Gasteiger partial charge on any atom is 0.304 e. The van der Waals surface area contributed by atoms with Crippen LogP contribution in [0.25, 0.3) is 0 Å². The van der Waals surface area contributed by atoms with Crippen molar-refractivity contribution in [3.05, 3.63) is 59.7 Å². The first-order valence-electron chi connectivity index (χ1n) is 7.23. The molecule has 0 heterocycles. The number of Topliss-reactive ketones (excluding diaryl/α,β-unsaturated/α-hetero) is 1. The zero-order chi connectivity index (χ0) is 17.0. The minimum atomic E-state index is -1.13. The fourth-order valence-corrected chi connectivity index (χ4v) is 2.63. The molecule has 120 valence electrons. The Morgan fingerprint density at radius 3 is 1.87 bits per heavy atom. The molecular weight excluding hydrogens is 296 g/mol. The van der Waals surface area contributed by atoms with Gasteiger partial charge in [0.15, 0.2) is 0 Å². The van der Waals surface area contributed by atoms with Crippen LogP contribution in [0.4, 0.5) is 0 Å². The molecule has 2 atom stereocenters. The van der Waals surface area contributed by atoms with Gasteiger partial charge in [-0.05, 0) is 12.1 Å². The first-order chi connectivity index (χ1) is 10.9. The molecule has 2 aromatic carbocycles. The Labute approximate surface area is 133 Å². The van der Waals surface area contributed by atoms with E-state index in [2.05, 4.69) is 0 Å². The average molecular weight is 314 g/mol. The minimum Gasteiger partial charge on any atom is -0.508 e. The average Bonchev–Trinajstić information content (AvgIpc) is 2.52. The summed E-state index contributed by atoms with van der Waals surface area (Å²) in [6.45, 7) is 1.62. The number of carboxylic acid groups (broad SMARTS) is 1. The summed E-state index contributed by atoms with van der Waals surface area (Å²) in [6, 6.07) is 12.7. The molecule has 5 heteroatoms. The predicted molar refractivity (Wildman–Crippen MR) is 84.6 cm³/mol. The minimum absolute atomic E-state index is 0.0142. The van der Waals surface area contributed by atoms with Gasteiger partial charge in [-0.15, -0.1) is 0 Å². The Morgan fingerprint density at radius 2 is 1.39 bits per heavy atom. The highest BCUT2D eigenvalue weighted by atomic mass is 16.4. The highest BCUT2D eigenvalue weighted by Crippen LogP contribution is 2.35. The number of hydrogen-bond donors (Lipinski definition) is 3. The molecule has 0 radical (unpaired) electrons. The molecule has 23 heavy (non-hydrogen) atoms. The SMILES string of the molecule is CC(C(=O)C(CC(=O)O)c1ccccc1O)c1ccccc1O. The number of rotatable bonds is 6. The van der Waals surface area contributed by atoms with Gasteiger partial charge in [0.2, 0.25) is 0 Å². The van der Waals surface area contributed by atoms with Gasteiger partial charge in [0.1, 0.15) is 17.3 Å². The lowest BCUT2D eigenvalue weighted by Gasteiger charge is -2.20. The van der Waals surface area contributed by atoms with Crippen LogP contribution < -0.4 is 0 Å². The number of carbonyl (C=O) groups excluding carboxylic acids is 1. The monoisotopic (exact) mass is 314 g/mol. The second-order valence-electron chi connectivity index (χ2n) is 5.39. The van der Waals surface area contributed by atoms with E-state index >= 15 is 0 Å². The van der Waals surface area contributed by atoms with Gasteiger partial charge in [-0.25, -0.2) is 0 Å². The van der Waals surface area contributed by atoms with Crippen molar-refractivity contribution < 1.29 is 24.9 Å². The van der Waals surface area contributed by atoms with Crippen LogP contribution in [0, 0.1) is 0 Å². The van der Waals surface area contributed by atoms with Gasteiger partial charge in [0.25, 0.3) is 0 Å². The fraction of sp³-hybridized carbons (Fsp3) is 0.222. The molecule has 0 spiro atoms. The van der Waals surface area contributed by atoms with E-state index in [0.29, 0.717) is 5.56 Å². The molecule has 0 aliphatic heterocycles. The second-order valence-corrected chi connectivity index (χ2v) is 5.39. The number of phenols is 2.